The molecule has 1 heterocycles. The van der Waals surface area contributed by atoms with Crippen LogP contribution >= 0.6 is 11.6 Å². The molecule has 1 aliphatic heterocycles. The summed E-state index contributed by atoms with van der Waals surface area (Å²) in [6.07, 6.45) is 3.56. The third-order valence-electron chi connectivity index (χ3n) is 3.40. The van der Waals surface area contributed by atoms with Gasteiger partial charge in [-0.05, 0) is 31.0 Å². The fourth-order valence-corrected chi connectivity index (χ4v) is 4.51. The van der Waals surface area contributed by atoms with E-state index in [1.807, 2.05) is 0 Å². The molecule has 0 aromatic heterocycles. The van der Waals surface area contributed by atoms with Gasteiger partial charge in [-0.1, -0.05) is 18.9 Å². The van der Waals surface area contributed by atoms with E-state index in [-0.39, 0.29) is 16.8 Å². The molecule has 0 radical (unpaired) electrons. The minimum Gasteiger partial charge on any atom is -0.207 e. The number of hydrogen-bond acceptors (Lipinski definition) is 2. The van der Waals surface area contributed by atoms with Crippen LogP contribution in [0.5, 0.6) is 0 Å². The molecule has 0 amide bonds. The van der Waals surface area contributed by atoms with Crippen LogP contribution in [-0.2, 0) is 10.0 Å². The molecule has 1 aromatic carbocycles. The molecule has 0 bridgehead atoms. The maximum atomic E-state index is 13.2. The van der Waals surface area contributed by atoms with Crippen LogP contribution in [0.3, 0.4) is 0 Å². The Morgan fingerprint density at radius 1 is 1.32 bits per heavy atom. The Labute approximate surface area is 118 Å². The number of nitrogens with zero attached hydrogens (tertiary/aromatic N) is 1. The minimum atomic E-state index is -3.66. The lowest BCUT2D eigenvalue weighted by molar-refractivity contribution is 0.345. The van der Waals surface area contributed by atoms with Crippen molar-refractivity contribution in [1.29, 1.82) is 0 Å². The molecule has 3 nitrogen and oxygen atoms in total. The molecule has 6 heteroatoms. The summed E-state index contributed by atoms with van der Waals surface area (Å²) in [6.45, 7) is 0.455. The third kappa shape index (κ3) is 3.27. The Kier molecular flexibility index (Phi) is 4.81. The van der Waals surface area contributed by atoms with E-state index in [9.17, 15) is 12.8 Å². The smallest absolute Gasteiger partial charge is 0.207 e. The third-order valence-corrected chi connectivity index (χ3v) is 5.71. The fourth-order valence-electron chi connectivity index (χ4n) is 2.38. The molecule has 106 valence electrons. The molecule has 1 saturated heterocycles. The summed E-state index contributed by atoms with van der Waals surface area (Å²) in [5, 5.41) is 0. The second kappa shape index (κ2) is 6.20. The molecular weight excluding hydrogens is 289 g/mol. The van der Waals surface area contributed by atoms with Crippen LogP contribution in [0.4, 0.5) is 4.39 Å². The lowest BCUT2D eigenvalue weighted by Gasteiger charge is -2.27. The summed E-state index contributed by atoms with van der Waals surface area (Å²) in [6, 6.07) is 4.94. The lowest BCUT2D eigenvalue weighted by atomic mass is 10.1. The van der Waals surface area contributed by atoms with Gasteiger partial charge in [-0.15, -0.1) is 11.6 Å². The largest absolute Gasteiger partial charge is 0.243 e. The van der Waals surface area contributed by atoms with E-state index in [1.54, 1.807) is 0 Å². The van der Waals surface area contributed by atoms with Crippen LogP contribution < -0.4 is 0 Å². The summed E-state index contributed by atoms with van der Waals surface area (Å²) in [4.78, 5) is 0.00418. The van der Waals surface area contributed by atoms with E-state index in [1.165, 1.54) is 22.5 Å². The number of sulfonamides is 1. The Hall–Kier alpha value is -0.650. The van der Waals surface area contributed by atoms with Crippen LogP contribution in [0, 0.1) is 5.82 Å². The molecule has 1 aliphatic rings. The van der Waals surface area contributed by atoms with Gasteiger partial charge in [0, 0.05) is 18.5 Å². The van der Waals surface area contributed by atoms with E-state index in [0.717, 1.165) is 31.7 Å². The van der Waals surface area contributed by atoms with E-state index in [0.29, 0.717) is 6.54 Å². The molecule has 0 spiro atoms. The highest BCUT2D eigenvalue weighted by atomic mass is 35.5. The van der Waals surface area contributed by atoms with Crippen molar-refractivity contribution in [3.63, 3.8) is 0 Å². The Morgan fingerprint density at radius 3 is 2.79 bits per heavy atom. The predicted molar refractivity (Wildman–Crippen MR) is 73.3 cm³/mol. The van der Waals surface area contributed by atoms with Gasteiger partial charge in [0.15, 0.2) is 0 Å². The molecule has 1 fully saturated rings. The van der Waals surface area contributed by atoms with E-state index in [2.05, 4.69) is 0 Å². The summed E-state index contributed by atoms with van der Waals surface area (Å²) < 4.78 is 39.8. The standard InChI is InChI=1S/C13H17ClFNO2S/c14-10-12-6-2-1-3-8-16(12)19(17,18)13-7-4-5-11(15)9-13/h4-5,7,9,12H,1-3,6,8,10H2. The van der Waals surface area contributed by atoms with Gasteiger partial charge in [-0.25, -0.2) is 12.8 Å². The second-order valence-electron chi connectivity index (χ2n) is 4.73. The summed E-state index contributed by atoms with van der Waals surface area (Å²) in [5.74, 6) is -0.271. The highest BCUT2D eigenvalue weighted by molar-refractivity contribution is 7.89. The van der Waals surface area contributed by atoms with Crippen molar-refractivity contribution in [3.8, 4) is 0 Å². The first-order valence-corrected chi connectivity index (χ1v) is 8.36. The van der Waals surface area contributed by atoms with E-state index in [4.69, 9.17) is 11.6 Å². The first-order valence-electron chi connectivity index (χ1n) is 6.39. The fraction of sp³-hybridized carbons (Fsp3) is 0.538. The average molecular weight is 306 g/mol. The van der Waals surface area contributed by atoms with Gasteiger partial charge in [0.05, 0.1) is 4.90 Å². The molecule has 0 saturated carbocycles. The van der Waals surface area contributed by atoms with Gasteiger partial charge in [0.1, 0.15) is 5.82 Å². The Bertz CT molecular complexity index is 535. The van der Waals surface area contributed by atoms with Crippen molar-refractivity contribution in [2.45, 2.75) is 36.6 Å². The quantitative estimate of drug-likeness (QED) is 0.805. The monoisotopic (exact) mass is 305 g/mol. The number of hydrogen-bond donors (Lipinski definition) is 0. The summed E-state index contributed by atoms with van der Waals surface area (Å²) in [5.41, 5.74) is 0. The van der Waals surface area contributed by atoms with Crippen LogP contribution in [0.2, 0.25) is 0 Å². The number of halogens is 2. The van der Waals surface area contributed by atoms with E-state index >= 15 is 0 Å². The van der Waals surface area contributed by atoms with Gasteiger partial charge in [-0.2, -0.15) is 4.31 Å². The molecular formula is C13H17ClFNO2S. The van der Waals surface area contributed by atoms with Crippen molar-refractivity contribution in [2.24, 2.45) is 0 Å². The van der Waals surface area contributed by atoms with Crippen molar-refractivity contribution in [1.82, 2.24) is 4.31 Å². The van der Waals surface area contributed by atoms with Crippen LogP contribution in [-0.4, -0.2) is 31.2 Å². The predicted octanol–water partition coefficient (Wildman–Crippen LogP) is 3.00. The molecule has 2 rings (SSSR count). The zero-order valence-electron chi connectivity index (χ0n) is 10.6. The summed E-state index contributed by atoms with van der Waals surface area (Å²) in [7, 11) is -3.66. The molecule has 1 unspecified atom stereocenters. The minimum absolute atomic E-state index is 0.00418. The first kappa shape index (κ1) is 14.8. The van der Waals surface area contributed by atoms with Crippen molar-refractivity contribution in [3.05, 3.63) is 30.1 Å². The molecule has 19 heavy (non-hydrogen) atoms. The van der Waals surface area contributed by atoms with Gasteiger partial charge in [-0.3, -0.25) is 0 Å². The SMILES string of the molecule is O=S(=O)(c1cccc(F)c1)N1CCCCCC1CCl. The highest BCUT2D eigenvalue weighted by Gasteiger charge is 2.32. The summed E-state index contributed by atoms with van der Waals surface area (Å²) >= 11 is 5.89. The van der Waals surface area contributed by atoms with Crippen LogP contribution in [0.15, 0.2) is 29.2 Å². The lowest BCUT2D eigenvalue weighted by Crippen LogP contribution is -2.41. The maximum absolute atomic E-state index is 13.2. The van der Waals surface area contributed by atoms with E-state index < -0.39 is 15.8 Å². The molecule has 1 aromatic rings. The number of alkyl halides is 1. The first-order chi connectivity index (χ1) is 9.05. The van der Waals surface area contributed by atoms with Gasteiger partial charge >= 0.3 is 0 Å². The highest BCUT2D eigenvalue weighted by Crippen LogP contribution is 2.25. The van der Waals surface area contributed by atoms with Gasteiger partial charge < -0.3 is 0 Å². The zero-order chi connectivity index (χ0) is 13.9. The van der Waals surface area contributed by atoms with Crippen molar-refractivity contribution < 1.29 is 12.8 Å². The second-order valence-corrected chi connectivity index (χ2v) is 6.93. The van der Waals surface area contributed by atoms with Crippen molar-refractivity contribution in [2.75, 3.05) is 12.4 Å². The molecule has 0 aliphatic carbocycles. The van der Waals surface area contributed by atoms with Crippen LogP contribution in [0.1, 0.15) is 25.7 Å². The van der Waals surface area contributed by atoms with Gasteiger partial charge in [0.25, 0.3) is 0 Å². The molecule has 1 atom stereocenters. The zero-order valence-corrected chi connectivity index (χ0v) is 12.1. The normalized spacial score (nSPS) is 22.1. The average Bonchev–Trinajstić information content (AvgIpc) is 2.64. The van der Waals surface area contributed by atoms with Crippen LogP contribution in [0.25, 0.3) is 0 Å². The maximum Gasteiger partial charge on any atom is 0.243 e. The van der Waals surface area contributed by atoms with Crippen molar-refractivity contribution >= 4 is 21.6 Å². The molecule has 0 N–H and O–H groups in total. The number of benzene rings is 1. The number of rotatable bonds is 3. The Balaban J connectivity index is 2.36. The topological polar surface area (TPSA) is 37.4 Å². The van der Waals surface area contributed by atoms with Gasteiger partial charge in [0.2, 0.25) is 10.0 Å². The Morgan fingerprint density at radius 2 is 2.11 bits per heavy atom.